The topological polar surface area (TPSA) is 98.8 Å². The van der Waals surface area contributed by atoms with Crippen molar-refractivity contribution in [2.45, 2.75) is 24.5 Å². The van der Waals surface area contributed by atoms with Gasteiger partial charge in [0.25, 0.3) is 5.91 Å². The largest absolute Gasteiger partial charge is 0.354 e. The lowest BCUT2D eigenvalue weighted by atomic mass is 9.93. The Morgan fingerprint density at radius 1 is 1.02 bits per heavy atom. The molecular weight excluding hydrogens is 578 g/mol. The van der Waals surface area contributed by atoms with Crippen molar-refractivity contribution in [1.29, 1.82) is 0 Å². The zero-order valence-corrected chi connectivity index (χ0v) is 23.8. The van der Waals surface area contributed by atoms with Crippen LogP contribution in [0.1, 0.15) is 33.9 Å². The monoisotopic (exact) mass is 604 g/mol. The minimum absolute atomic E-state index is 0.0442. The lowest BCUT2D eigenvalue weighted by Crippen LogP contribution is -2.61. The Balaban J connectivity index is 1.41. The molecule has 40 heavy (non-hydrogen) atoms. The quantitative estimate of drug-likeness (QED) is 0.405. The maximum absolute atomic E-state index is 14.7. The molecule has 0 radical (unpaired) electrons. The SMILES string of the molecule is CS(=O)(=O)N(c1cc(F)cc(C(=O)N[C@H]2CCNC2=O)c1)C1CN(C(c2ccc(Cl)cc2)c2ccc(Cl)cc2)C1. The maximum Gasteiger partial charge on any atom is 0.252 e. The highest BCUT2D eigenvalue weighted by Crippen LogP contribution is 2.37. The van der Waals surface area contributed by atoms with Gasteiger partial charge in [0.15, 0.2) is 0 Å². The van der Waals surface area contributed by atoms with Crippen molar-refractivity contribution in [3.05, 3.63) is 99.3 Å². The van der Waals surface area contributed by atoms with Crippen molar-refractivity contribution in [1.82, 2.24) is 15.5 Å². The van der Waals surface area contributed by atoms with E-state index in [4.69, 9.17) is 23.2 Å². The predicted molar refractivity (Wildman–Crippen MR) is 153 cm³/mol. The number of hydrogen-bond donors (Lipinski definition) is 2. The summed E-state index contributed by atoms with van der Waals surface area (Å²) in [5.74, 6) is -1.73. The third-order valence-electron chi connectivity index (χ3n) is 7.07. The van der Waals surface area contributed by atoms with E-state index in [0.717, 1.165) is 33.8 Å². The smallest absolute Gasteiger partial charge is 0.252 e. The summed E-state index contributed by atoms with van der Waals surface area (Å²) in [6.07, 6.45) is 1.47. The maximum atomic E-state index is 14.7. The van der Waals surface area contributed by atoms with Crippen molar-refractivity contribution >= 4 is 50.7 Å². The Labute approximate surface area is 242 Å². The number of nitrogens with zero attached hydrogens (tertiary/aromatic N) is 2. The summed E-state index contributed by atoms with van der Waals surface area (Å²) in [4.78, 5) is 26.8. The molecule has 2 heterocycles. The van der Waals surface area contributed by atoms with Gasteiger partial charge in [-0.25, -0.2) is 12.8 Å². The van der Waals surface area contributed by atoms with Crippen molar-refractivity contribution in [3.63, 3.8) is 0 Å². The number of anilines is 1. The minimum Gasteiger partial charge on any atom is -0.354 e. The fraction of sp³-hybridized carbons (Fsp3) is 0.286. The number of likely N-dealkylation sites (tertiary alicyclic amines) is 1. The molecule has 2 amide bonds. The molecule has 0 unspecified atom stereocenters. The van der Waals surface area contributed by atoms with Gasteiger partial charge < -0.3 is 10.6 Å². The van der Waals surface area contributed by atoms with Crippen LogP contribution in [-0.4, -0.2) is 63.1 Å². The second-order valence-electron chi connectivity index (χ2n) is 9.98. The Morgan fingerprint density at radius 2 is 1.60 bits per heavy atom. The molecule has 0 saturated carbocycles. The molecule has 0 aromatic heterocycles. The van der Waals surface area contributed by atoms with Gasteiger partial charge in [0.05, 0.1) is 24.0 Å². The minimum atomic E-state index is -3.85. The van der Waals surface area contributed by atoms with Crippen LogP contribution in [0.15, 0.2) is 66.7 Å². The van der Waals surface area contributed by atoms with Gasteiger partial charge in [0.1, 0.15) is 11.9 Å². The van der Waals surface area contributed by atoms with E-state index in [1.54, 1.807) is 24.3 Å². The molecule has 210 valence electrons. The predicted octanol–water partition coefficient (Wildman–Crippen LogP) is 3.99. The molecular formula is C28H27Cl2FN4O4S. The summed E-state index contributed by atoms with van der Waals surface area (Å²) in [5.41, 5.74) is 1.91. The zero-order chi connectivity index (χ0) is 28.6. The second kappa shape index (κ2) is 11.4. The third kappa shape index (κ3) is 6.10. The van der Waals surface area contributed by atoms with Gasteiger partial charge in [-0.05, 0) is 60.0 Å². The molecule has 2 N–H and O–H groups in total. The van der Waals surface area contributed by atoms with E-state index < -0.39 is 33.8 Å². The first-order valence-electron chi connectivity index (χ1n) is 12.6. The normalized spacial score (nSPS) is 17.9. The number of nitrogens with one attached hydrogen (secondary N) is 2. The fourth-order valence-electron chi connectivity index (χ4n) is 5.23. The molecule has 0 aliphatic carbocycles. The molecule has 8 nitrogen and oxygen atoms in total. The van der Waals surface area contributed by atoms with E-state index in [2.05, 4.69) is 15.5 Å². The first-order valence-corrected chi connectivity index (χ1v) is 15.2. The summed E-state index contributed by atoms with van der Waals surface area (Å²) in [6, 6.07) is 16.9. The number of carbonyl (C=O) groups is 2. The second-order valence-corrected chi connectivity index (χ2v) is 12.7. The van der Waals surface area contributed by atoms with Crippen LogP contribution in [0.4, 0.5) is 10.1 Å². The highest BCUT2D eigenvalue weighted by molar-refractivity contribution is 7.92. The average molecular weight is 606 g/mol. The summed E-state index contributed by atoms with van der Waals surface area (Å²) in [5, 5.41) is 6.41. The standard InChI is InChI=1S/C28H27Cl2FN4O4S/c1-40(38,39)35(23-13-19(12-22(31)14-23)27(36)33-25-10-11-32-28(25)37)24-15-34(16-24)26(17-2-6-20(29)7-3-17)18-4-8-21(30)9-5-18/h2-9,12-14,24-26H,10-11,15-16H2,1H3,(H,32,37)(H,33,36)/t25-/m0/s1. The molecule has 2 fully saturated rings. The fourth-order valence-corrected chi connectivity index (χ4v) is 6.65. The highest BCUT2D eigenvalue weighted by atomic mass is 35.5. The van der Waals surface area contributed by atoms with E-state index in [0.29, 0.717) is 36.1 Å². The molecule has 2 aliphatic heterocycles. The summed E-state index contributed by atoms with van der Waals surface area (Å²) in [6.45, 7) is 1.14. The van der Waals surface area contributed by atoms with Crippen LogP contribution in [0.25, 0.3) is 0 Å². The van der Waals surface area contributed by atoms with E-state index in [-0.39, 0.29) is 23.2 Å². The number of sulfonamides is 1. The number of hydrogen-bond acceptors (Lipinski definition) is 5. The third-order valence-corrected chi connectivity index (χ3v) is 8.80. The Bertz CT molecular complexity index is 1490. The lowest BCUT2D eigenvalue weighted by molar-refractivity contribution is -0.120. The van der Waals surface area contributed by atoms with Gasteiger partial charge in [-0.1, -0.05) is 47.5 Å². The molecule has 0 spiro atoms. The molecule has 5 rings (SSSR count). The highest BCUT2D eigenvalue weighted by Gasteiger charge is 2.41. The lowest BCUT2D eigenvalue weighted by Gasteiger charge is -2.48. The van der Waals surface area contributed by atoms with E-state index in [1.807, 2.05) is 24.3 Å². The number of rotatable bonds is 8. The van der Waals surface area contributed by atoms with Crippen LogP contribution in [-0.2, 0) is 14.8 Å². The van der Waals surface area contributed by atoms with Crippen molar-refractivity contribution in [2.24, 2.45) is 0 Å². The van der Waals surface area contributed by atoms with Gasteiger partial charge in [-0.2, -0.15) is 0 Å². The van der Waals surface area contributed by atoms with Gasteiger partial charge in [-0.3, -0.25) is 18.8 Å². The first-order chi connectivity index (χ1) is 19.0. The number of halogens is 3. The van der Waals surface area contributed by atoms with Gasteiger partial charge in [0, 0.05) is 35.2 Å². The van der Waals surface area contributed by atoms with Crippen LogP contribution in [0.5, 0.6) is 0 Å². The van der Waals surface area contributed by atoms with Gasteiger partial charge >= 0.3 is 0 Å². The van der Waals surface area contributed by atoms with Crippen LogP contribution < -0.4 is 14.9 Å². The first kappa shape index (κ1) is 28.4. The summed E-state index contributed by atoms with van der Waals surface area (Å²) in [7, 11) is -3.85. The zero-order valence-electron chi connectivity index (χ0n) is 21.5. The van der Waals surface area contributed by atoms with Crippen molar-refractivity contribution in [3.8, 4) is 0 Å². The van der Waals surface area contributed by atoms with E-state index in [1.165, 1.54) is 6.07 Å². The van der Waals surface area contributed by atoms with Crippen molar-refractivity contribution in [2.75, 3.05) is 30.2 Å². The van der Waals surface area contributed by atoms with Crippen LogP contribution in [0, 0.1) is 5.82 Å². The van der Waals surface area contributed by atoms with E-state index in [9.17, 15) is 22.4 Å². The van der Waals surface area contributed by atoms with E-state index >= 15 is 0 Å². The molecule has 2 saturated heterocycles. The van der Waals surface area contributed by atoms with Crippen LogP contribution >= 0.6 is 23.2 Å². The molecule has 1 atom stereocenters. The summed E-state index contributed by atoms with van der Waals surface area (Å²) >= 11 is 12.2. The van der Waals surface area contributed by atoms with Crippen molar-refractivity contribution < 1.29 is 22.4 Å². The van der Waals surface area contributed by atoms with Crippen LogP contribution in [0.3, 0.4) is 0 Å². The molecule has 2 aliphatic rings. The summed E-state index contributed by atoms with van der Waals surface area (Å²) < 4.78 is 41.8. The number of amides is 2. The molecule has 0 bridgehead atoms. The molecule has 12 heteroatoms. The Hall–Kier alpha value is -3.18. The number of carbonyl (C=O) groups excluding carboxylic acids is 2. The Kier molecular flexibility index (Phi) is 8.05. The molecule has 3 aromatic carbocycles. The Morgan fingerprint density at radius 3 is 2.10 bits per heavy atom. The van der Waals surface area contributed by atoms with Crippen LogP contribution in [0.2, 0.25) is 10.0 Å². The molecule has 3 aromatic rings. The van der Waals surface area contributed by atoms with Gasteiger partial charge in [0.2, 0.25) is 15.9 Å². The average Bonchev–Trinajstić information content (AvgIpc) is 3.27. The number of benzene rings is 3. The van der Waals surface area contributed by atoms with Gasteiger partial charge in [-0.15, -0.1) is 0 Å².